The predicted octanol–water partition coefficient (Wildman–Crippen LogP) is 5.22. The zero-order valence-corrected chi connectivity index (χ0v) is 16.6. The second kappa shape index (κ2) is 7.78. The van der Waals surface area contributed by atoms with Crippen molar-refractivity contribution in [2.75, 3.05) is 5.32 Å². The summed E-state index contributed by atoms with van der Waals surface area (Å²) in [7, 11) is 0. The van der Waals surface area contributed by atoms with Gasteiger partial charge in [0.25, 0.3) is 5.69 Å². The molecule has 1 aromatic carbocycles. The summed E-state index contributed by atoms with van der Waals surface area (Å²) in [5.41, 5.74) is 0.872. The minimum Gasteiger partial charge on any atom is -0.377 e. The van der Waals surface area contributed by atoms with E-state index in [-0.39, 0.29) is 10.6 Å². The van der Waals surface area contributed by atoms with Crippen LogP contribution >= 0.6 is 0 Å². The SMILES string of the molecule is CC(C)C1CCC(N2[C@@H]3CC[C@@H]2CC(Nc2ccccc2[N+](=O)[O-])C3)CC1. The van der Waals surface area contributed by atoms with E-state index in [1.165, 1.54) is 38.5 Å². The van der Waals surface area contributed by atoms with Crippen molar-refractivity contribution >= 4 is 11.4 Å². The van der Waals surface area contributed by atoms with Crippen molar-refractivity contribution in [3.05, 3.63) is 34.4 Å². The van der Waals surface area contributed by atoms with Crippen molar-refractivity contribution in [2.24, 2.45) is 11.8 Å². The summed E-state index contributed by atoms with van der Waals surface area (Å²) in [6, 6.07) is 9.50. The number of fused-ring (bicyclic) bond motifs is 2. The van der Waals surface area contributed by atoms with Crippen LogP contribution in [0.5, 0.6) is 0 Å². The Bertz CT molecular complexity index is 655. The number of benzene rings is 1. The molecule has 0 aromatic heterocycles. The number of hydrogen-bond acceptors (Lipinski definition) is 4. The summed E-state index contributed by atoms with van der Waals surface area (Å²) in [6.07, 6.45) is 10.3. The zero-order valence-electron chi connectivity index (χ0n) is 16.6. The van der Waals surface area contributed by atoms with Crippen LogP contribution in [0.15, 0.2) is 24.3 Å². The average molecular weight is 372 g/mol. The Labute approximate surface area is 162 Å². The molecule has 5 nitrogen and oxygen atoms in total. The molecular formula is C22H33N3O2. The van der Waals surface area contributed by atoms with Gasteiger partial charge in [-0.2, -0.15) is 0 Å². The lowest BCUT2D eigenvalue weighted by Gasteiger charge is -2.46. The Morgan fingerprint density at radius 2 is 1.59 bits per heavy atom. The van der Waals surface area contributed by atoms with Crippen LogP contribution in [0, 0.1) is 22.0 Å². The summed E-state index contributed by atoms with van der Waals surface area (Å²) < 4.78 is 0. The van der Waals surface area contributed by atoms with E-state index in [1.54, 1.807) is 12.1 Å². The molecule has 5 heteroatoms. The molecule has 0 amide bonds. The lowest BCUT2D eigenvalue weighted by molar-refractivity contribution is -0.384. The van der Waals surface area contributed by atoms with Gasteiger partial charge < -0.3 is 5.32 Å². The molecule has 1 aromatic rings. The molecule has 3 fully saturated rings. The van der Waals surface area contributed by atoms with Crippen molar-refractivity contribution in [3.63, 3.8) is 0 Å². The fourth-order valence-corrected chi connectivity index (χ4v) is 5.97. The van der Waals surface area contributed by atoms with E-state index >= 15 is 0 Å². The highest BCUT2D eigenvalue weighted by Crippen LogP contribution is 2.43. The maximum Gasteiger partial charge on any atom is 0.292 e. The molecule has 0 radical (unpaired) electrons. The van der Waals surface area contributed by atoms with Gasteiger partial charge >= 0.3 is 0 Å². The number of nitrogens with one attached hydrogen (secondary N) is 1. The summed E-state index contributed by atoms with van der Waals surface area (Å²) >= 11 is 0. The van der Waals surface area contributed by atoms with Gasteiger partial charge in [0.2, 0.25) is 0 Å². The van der Waals surface area contributed by atoms with Crippen LogP contribution in [0.25, 0.3) is 0 Å². The molecule has 2 saturated heterocycles. The first-order valence-corrected chi connectivity index (χ1v) is 10.8. The zero-order chi connectivity index (χ0) is 19.0. The number of piperidine rings is 1. The molecule has 4 rings (SSSR count). The number of hydrogen-bond donors (Lipinski definition) is 1. The van der Waals surface area contributed by atoms with Gasteiger partial charge in [-0.25, -0.2) is 0 Å². The third kappa shape index (κ3) is 3.84. The normalized spacial score (nSPS) is 34.0. The lowest BCUT2D eigenvalue weighted by atomic mass is 9.78. The number of nitro groups is 1. The monoisotopic (exact) mass is 371 g/mol. The topological polar surface area (TPSA) is 58.4 Å². The van der Waals surface area contributed by atoms with E-state index in [0.29, 0.717) is 23.8 Å². The van der Waals surface area contributed by atoms with E-state index in [4.69, 9.17) is 0 Å². The number of anilines is 1. The lowest BCUT2D eigenvalue weighted by Crippen LogP contribution is -2.52. The van der Waals surface area contributed by atoms with E-state index in [9.17, 15) is 10.1 Å². The molecule has 2 aliphatic heterocycles. The van der Waals surface area contributed by atoms with Crippen LogP contribution in [0.3, 0.4) is 0 Å². The van der Waals surface area contributed by atoms with Crippen LogP contribution < -0.4 is 5.32 Å². The van der Waals surface area contributed by atoms with E-state index in [1.807, 2.05) is 12.1 Å². The molecule has 27 heavy (non-hydrogen) atoms. The number of para-hydroxylation sites is 2. The first-order chi connectivity index (χ1) is 13.0. The predicted molar refractivity (Wildman–Crippen MR) is 109 cm³/mol. The fraction of sp³-hybridized carbons (Fsp3) is 0.727. The number of rotatable bonds is 5. The minimum atomic E-state index is -0.279. The van der Waals surface area contributed by atoms with Gasteiger partial charge in [-0.1, -0.05) is 26.0 Å². The molecule has 2 heterocycles. The van der Waals surface area contributed by atoms with Crippen LogP contribution in [-0.2, 0) is 0 Å². The van der Waals surface area contributed by atoms with Crippen LogP contribution in [0.2, 0.25) is 0 Å². The minimum absolute atomic E-state index is 0.194. The molecule has 2 bridgehead atoms. The fourth-order valence-electron chi connectivity index (χ4n) is 5.97. The van der Waals surface area contributed by atoms with Gasteiger partial charge in [-0.15, -0.1) is 0 Å². The Hall–Kier alpha value is -1.62. The van der Waals surface area contributed by atoms with Gasteiger partial charge in [0.1, 0.15) is 5.69 Å². The van der Waals surface area contributed by atoms with Crippen molar-refractivity contribution in [1.29, 1.82) is 0 Å². The van der Waals surface area contributed by atoms with Gasteiger partial charge in [-0.05, 0) is 69.3 Å². The first kappa shape index (κ1) is 18.7. The largest absolute Gasteiger partial charge is 0.377 e. The van der Waals surface area contributed by atoms with Crippen LogP contribution in [0.1, 0.15) is 65.2 Å². The van der Waals surface area contributed by atoms with Crippen LogP contribution in [-0.4, -0.2) is 34.0 Å². The second-order valence-electron chi connectivity index (χ2n) is 9.23. The van der Waals surface area contributed by atoms with E-state index in [2.05, 4.69) is 24.1 Å². The van der Waals surface area contributed by atoms with Gasteiger partial charge in [0.05, 0.1) is 4.92 Å². The maximum atomic E-state index is 11.3. The summed E-state index contributed by atoms with van der Waals surface area (Å²) in [4.78, 5) is 13.9. The Kier molecular flexibility index (Phi) is 5.40. The molecule has 1 aliphatic carbocycles. The maximum absolute atomic E-state index is 11.3. The molecule has 0 unspecified atom stereocenters. The third-order valence-electron chi connectivity index (χ3n) is 7.36. The quantitative estimate of drug-likeness (QED) is 0.570. The molecule has 3 aliphatic rings. The van der Waals surface area contributed by atoms with Crippen molar-refractivity contribution in [2.45, 2.75) is 89.4 Å². The Balaban J connectivity index is 1.39. The first-order valence-electron chi connectivity index (χ1n) is 10.8. The molecule has 2 atom stereocenters. The second-order valence-corrected chi connectivity index (χ2v) is 9.23. The average Bonchev–Trinajstić information content (AvgIpc) is 2.92. The number of nitrogens with zero attached hydrogens (tertiary/aromatic N) is 2. The summed E-state index contributed by atoms with van der Waals surface area (Å²) in [5, 5.41) is 14.8. The van der Waals surface area contributed by atoms with Crippen molar-refractivity contribution in [1.82, 2.24) is 4.90 Å². The van der Waals surface area contributed by atoms with Gasteiger partial charge in [-0.3, -0.25) is 15.0 Å². The number of nitro benzene ring substituents is 1. The molecule has 1 N–H and O–H groups in total. The van der Waals surface area contributed by atoms with E-state index in [0.717, 1.165) is 30.7 Å². The smallest absolute Gasteiger partial charge is 0.292 e. The molecule has 1 saturated carbocycles. The van der Waals surface area contributed by atoms with E-state index < -0.39 is 0 Å². The summed E-state index contributed by atoms with van der Waals surface area (Å²) in [5.74, 6) is 1.73. The van der Waals surface area contributed by atoms with Crippen molar-refractivity contribution < 1.29 is 4.92 Å². The van der Waals surface area contributed by atoms with Gasteiger partial charge in [0, 0.05) is 30.2 Å². The molecular weight excluding hydrogens is 338 g/mol. The highest BCUT2D eigenvalue weighted by atomic mass is 16.6. The highest BCUT2D eigenvalue weighted by Gasteiger charge is 2.44. The molecule has 148 valence electrons. The standard InChI is InChI=1S/C22H33N3O2/c1-15(2)16-7-9-18(10-8-16)24-19-11-12-20(24)14-17(13-19)23-21-5-3-4-6-22(21)25(26)27/h3-6,15-20,23H,7-14H2,1-2H3/t16?,18?,19-,20-/m1/s1. The Morgan fingerprint density at radius 1 is 1.00 bits per heavy atom. The summed E-state index contributed by atoms with van der Waals surface area (Å²) in [6.45, 7) is 4.74. The van der Waals surface area contributed by atoms with Gasteiger partial charge in [0.15, 0.2) is 0 Å². The highest BCUT2D eigenvalue weighted by molar-refractivity contribution is 5.61. The van der Waals surface area contributed by atoms with Crippen LogP contribution in [0.4, 0.5) is 11.4 Å². The van der Waals surface area contributed by atoms with Crippen molar-refractivity contribution in [3.8, 4) is 0 Å². The Morgan fingerprint density at radius 3 is 2.19 bits per heavy atom. The molecule has 0 spiro atoms. The third-order valence-corrected chi connectivity index (χ3v) is 7.36.